The van der Waals surface area contributed by atoms with Crippen LogP contribution in [0.15, 0.2) is 120 Å². The molecule has 1 aliphatic heterocycles. The van der Waals surface area contributed by atoms with E-state index in [0.29, 0.717) is 0 Å². The number of nitrogens with zero attached hydrogens (tertiary/aromatic N) is 2. The number of unbranched alkanes of at least 4 members (excludes halogenated alkanes) is 6. The molecular weight excluding hydrogens is 735 g/mol. The van der Waals surface area contributed by atoms with E-state index < -0.39 is 0 Å². The number of aryl methyl sites for hydroxylation is 4. The standard InChI is InChI=1S/C34H48N2.2C8H9.Pd/c1-5-9-13-14-24-32-31(23-12-8-4)33(29-21-15-19-27(25-29)17-10-6-2)36(35)34(32)30-22-16-20-28(26-30)18-11-7-3;2*1-2-8-6-4-3-5-7-8;/h15-16,19-22,25-26H,5-14,17-18,23-24H2,1-4H3;2*3-7H,1-2H2;. The third kappa shape index (κ3) is 14.1. The predicted octanol–water partition coefficient (Wildman–Crippen LogP) is 15.1. The first-order valence-corrected chi connectivity index (χ1v) is 23.0. The number of hydrogen-bond donors (Lipinski definition) is 0. The number of benzene rings is 4. The maximum atomic E-state index is 11.8. The fourth-order valence-corrected chi connectivity index (χ4v) is 8.88. The Morgan fingerprint density at radius 3 is 1.28 bits per heavy atom. The summed E-state index contributed by atoms with van der Waals surface area (Å²) in [7, 11) is 0. The monoisotopic (exact) mass is 800 g/mol. The molecule has 4 aromatic carbocycles. The van der Waals surface area contributed by atoms with Gasteiger partial charge in [0.2, 0.25) is 11.4 Å². The van der Waals surface area contributed by atoms with Crippen LogP contribution < -0.4 is 0 Å². The van der Waals surface area contributed by atoms with Crippen molar-refractivity contribution in [3.63, 3.8) is 0 Å². The van der Waals surface area contributed by atoms with Gasteiger partial charge >= 0.3 is 112 Å². The van der Waals surface area contributed by atoms with Crippen molar-refractivity contribution in [1.82, 2.24) is 0 Å². The van der Waals surface area contributed by atoms with Crippen molar-refractivity contribution in [2.75, 3.05) is 0 Å². The van der Waals surface area contributed by atoms with Crippen molar-refractivity contribution < 1.29 is 22.7 Å². The zero-order valence-electron chi connectivity index (χ0n) is 33.3. The molecule has 5 rings (SSSR count). The number of rotatable bonds is 22. The fraction of sp³-hybridized carbons (Fsp3) is 0.440. The van der Waals surface area contributed by atoms with Gasteiger partial charge in [-0.3, -0.25) is 0 Å². The number of hydrogen-bond acceptors (Lipinski definition) is 0. The first-order chi connectivity index (χ1) is 26.1. The topological polar surface area (TPSA) is 25.3 Å². The Morgan fingerprint density at radius 1 is 0.415 bits per heavy atom. The van der Waals surface area contributed by atoms with Gasteiger partial charge in [-0.05, 0) is 86.8 Å². The van der Waals surface area contributed by atoms with Crippen LogP contribution in [0.1, 0.15) is 138 Å². The second-order valence-corrected chi connectivity index (χ2v) is 16.8. The molecule has 53 heavy (non-hydrogen) atoms. The molecule has 0 saturated carbocycles. The van der Waals surface area contributed by atoms with Crippen LogP contribution in [0.2, 0.25) is 9.79 Å². The molecule has 0 bridgehead atoms. The summed E-state index contributed by atoms with van der Waals surface area (Å²) in [4.78, 5) is 2.70. The molecule has 0 aliphatic carbocycles. The molecule has 0 amide bonds. The van der Waals surface area contributed by atoms with E-state index in [-0.39, 0.29) is 0 Å². The SMILES string of the molecule is CCCCCCC1=C(c2cccc(CCCC)c2)[N+](=[N-])C(c2cccc(CCCC)c2)=C1CCCC.c1ccc(C[CH2][Pd][CH2]Cc2ccccc2)cc1. The summed E-state index contributed by atoms with van der Waals surface area (Å²) in [6.45, 7) is 9.03. The molecule has 0 N–H and O–H groups in total. The van der Waals surface area contributed by atoms with Crippen LogP contribution in [0.25, 0.3) is 16.9 Å². The average Bonchev–Trinajstić information content (AvgIpc) is 3.48. The summed E-state index contributed by atoms with van der Waals surface area (Å²) < 4.78 is 1.55. The summed E-state index contributed by atoms with van der Waals surface area (Å²) >= 11 is 0.891. The van der Waals surface area contributed by atoms with Gasteiger partial charge in [-0.1, -0.05) is 90.5 Å². The van der Waals surface area contributed by atoms with E-state index in [2.05, 4.69) is 137 Å². The van der Waals surface area contributed by atoms with Crippen LogP contribution >= 0.6 is 0 Å². The van der Waals surface area contributed by atoms with Crippen LogP contribution in [0.5, 0.6) is 0 Å². The Morgan fingerprint density at radius 2 is 0.830 bits per heavy atom. The van der Waals surface area contributed by atoms with Gasteiger partial charge in [0.05, 0.1) is 0 Å². The average molecular weight is 802 g/mol. The van der Waals surface area contributed by atoms with E-state index in [9.17, 15) is 5.53 Å². The summed E-state index contributed by atoms with van der Waals surface area (Å²) in [5.41, 5.74) is 24.6. The first kappa shape index (κ1) is 42.4. The van der Waals surface area contributed by atoms with E-state index in [4.69, 9.17) is 0 Å². The van der Waals surface area contributed by atoms with Gasteiger partial charge in [0.15, 0.2) is 0 Å². The molecule has 0 fully saturated rings. The van der Waals surface area contributed by atoms with Gasteiger partial charge in [0, 0.05) is 22.3 Å². The van der Waals surface area contributed by atoms with Crippen LogP contribution in [-0.4, -0.2) is 4.70 Å². The molecule has 1 heterocycles. The normalized spacial score (nSPS) is 12.8. The van der Waals surface area contributed by atoms with E-state index in [0.717, 1.165) is 79.0 Å². The predicted molar refractivity (Wildman–Crippen MR) is 226 cm³/mol. The van der Waals surface area contributed by atoms with E-state index in [1.54, 1.807) is 4.70 Å². The second-order valence-electron chi connectivity index (χ2n) is 14.4. The van der Waals surface area contributed by atoms with Crippen molar-refractivity contribution in [2.24, 2.45) is 0 Å². The molecule has 0 atom stereocenters. The van der Waals surface area contributed by atoms with Gasteiger partial charge in [-0.2, -0.15) is 0 Å². The van der Waals surface area contributed by atoms with Gasteiger partial charge in [-0.15, -0.1) is 0 Å². The molecule has 1 aliphatic rings. The maximum absolute atomic E-state index is 11.8. The molecule has 4 aromatic rings. The Labute approximate surface area is 331 Å². The molecule has 0 spiro atoms. The minimum absolute atomic E-state index is 0.891. The second kappa shape index (κ2) is 24.8. The first-order valence-electron chi connectivity index (χ1n) is 20.8. The molecule has 0 unspecified atom stereocenters. The van der Waals surface area contributed by atoms with Crippen molar-refractivity contribution in [3.05, 3.63) is 159 Å². The Balaban J connectivity index is 0.000000306. The van der Waals surface area contributed by atoms with Gasteiger partial charge in [-0.25, -0.2) is 4.70 Å². The van der Waals surface area contributed by atoms with Crippen LogP contribution in [0.4, 0.5) is 0 Å². The zero-order valence-corrected chi connectivity index (χ0v) is 34.9. The van der Waals surface area contributed by atoms with E-state index in [1.165, 1.54) is 107 Å². The molecule has 286 valence electrons. The molecule has 0 aromatic heterocycles. The summed E-state index contributed by atoms with van der Waals surface area (Å²) in [5, 5.41) is 0. The van der Waals surface area contributed by atoms with Gasteiger partial charge < -0.3 is 5.53 Å². The molecule has 0 radical (unpaired) electrons. The molecule has 2 nitrogen and oxygen atoms in total. The third-order valence-electron chi connectivity index (χ3n) is 10.1. The molecule has 0 saturated heterocycles. The Hall–Kier alpha value is -3.38. The van der Waals surface area contributed by atoms with Gasteiger partial charge in [0.1, 0.15) is 0 Å². The van der Waals surface area contributed by atoms with Gasteiger partial charge in [0.25, 0.3) is 0 Å². The summed E-state index contributed by atoms with van der Waals surface area (Å²) in [5.74, 6) is 0. The van der Waals surface area contributed by atoms with Crippen LogP contribution in [0, 0.1) is 0 Å². The zero-order chi connectivity index (χ0) is 37.5. The summed E-state index contributed by atoms with van der Waals surface area (Å²) in [6, 6.07) is 39.4. The van der Waals surface area contributed by atoms with Crippen LogP contribution in [0.3, 0.4) is 0 Å². The molecule has 3 heteroatoms. The quantitative estimate of drug-likeness (QED) is 0.0430. The number of allylic oxidation sites excluding steroid dienone is 2. The van der Waals surface area contributed by atoms with Crippen molar-refractivity contribution in [3.8, 4) is 0 Å². The molecular formula is C50H66N2Pd. The van der Waals surface area contributed by atoms with E-state index in [1.807, 2.05) is 0 Å². The van der Waals surface area contributed by atoms with Crippen molar-refractivity contribution in [2.45, 2.75) is 140 Å². The minimum atomic E-state index is 0.891. The Kier molecular flexibility index (Phi) is 19.9. The summed E-state index contributed by atoms with van der Waals surface area (Å²) in [6.07, 6.45) is 18.8. The van der Waals surface area contributed by atoms with Crippen molar-refractivity contribution >= 4 is 11.4 Å². The third-order valence-corrected chi connectivity index (χ3v) is 12.0. The van der Waals surface area contributed by atoms with E-state index >= 15 is 0 Å². The Bertz CT molecular complexity index is 1660. The van der Waals surface area contributed by atoms with Crippen LogP contribution in [-0.2, 0) is 43.7 Å². The van der Waals surface area contributed by atoms with Crippen molar-refractivity contribution in [1.29, 1.82) is 0 Å². The fourth-order valence-electron chi connectivity index (χ4n) is 7.04.